The second-order valence-electron chi connectivity index (χ2n) is 7.63. The van der Waals surface area contributed by atoms with Gasteiger partial charge >= 0.3 is 0 Å². The van der Waals surface area contributed by atoms with Crippen LogP contribution in [0.15, 0.2) is 36.5 Å². The zero-order valence-electron chi connectivity index (χ0n) is 16.6. The molecular formula is C22H27N3O3. The van der Waals surface area contributed by atoms with Gasteiger partial charge in [-0.25, -0.2) is 0 Å². The zero-order valence-corrected chi connectivity index (χ0v) is 16.6. The Balaban J connectivity index is 1.36. The van der Waals surface area contributed by atoms with Crippen LogP contribution < -0.4 is 14.8 Å². The van der Waals surface area contributed by atoms with Crippen molar-refractivity contribution in [2.45, 2.75) is 37.8 Å². The molecule has 2 fully saturated rings. The van der Waals surface area contributed by atoms with E-state index in [0.29, 0.717) is 11.6 Å². The number of benzene rings is 1. The Morgan fingerprint density at radius 2 is 2.00 bits per heavy atom. The number of methoxy groups -OCH3 is 2. The Morgan fingerprint density at radius 3 is 2.68 bits per heavy atom. The van der Waals surface area contributed by atoms with Crippen molar-refractivity contribution in [3.8, 4) is 11.5 Å². The van der Waals surface area contributed by atoms with E-state index in [9.17, 15) is 4.79 Å². The normalized spacial score (nSPS) is 18.2. The number of ether oxygens (including phenoxy) is 2. The van der Waals surface area contributed by atoms with Gasteiger partial charge in [0.2, 0.25) is 0 Å². The minimum absolute atomic E-state index is 0.0845. The third kappa shape index (κ3) is 3.69. The lowest BCUT2D eigenvalue weighted by molar-refractivity contribution is 0.0665. The second-order valence-corrected chi connectivity index (χ2v) is 7.63. The van der Waals surface area contributed by atoms with Gasteiger partial charge in [-0.05, 0) is 49.4 Å². The van der Waals surface area contributed by atoms with E-state index >= 15 is 0 Å². The summed E-state index contributed by atoms with van der Waals surface area (Å²) in [4.78, 5) is 19.1. The maximum absolute atomic E-state index is 12.5. The molecule has 1 aromatic carbocycles. The van der Waals surface area contributed by atoms with Gasteiger partial charge in [0, 0.05) is 30.9 Å². The van der Waals surface area contributed by atoms with E-state index < -0.39 is 0 Å². The summed E-state index contributed by atoms with van der Waals surface area (Å²) in [5.41, 5.74) is 2.84. The first-order chi connectivity index (χ1) is 13.6. The number of amides is 1. The smallest absolute Gasteiger partial charge is 0.270 e. The number of hydrogen-bond donors (Lipinski definition) is 1. The Labute approximate surface area is 165 Å². The molecule has 148 valence electrons. The van der Waals surface area contributed by atoms with Gasteiger partial charge in [-0.15, -0.1) is 0 Å². The molecule has 2 aromatic rings. The predicted molar refractivity (Wildman–Crippen MR) is 107 cm³/mol. The van der Waals surface area contributed by atoms with Crippen LogP contribution in [-0.2, 0) is 0 Å². The number of nitrogens with zero attached hydrogens (tertiary/aromatic N) is 2. The Hall–Kier alpha value is -2.60. The molecule has 1 saturated heterocycles. The number of aromatic nitrogens is 1. The first-order valence-corrected chi connectivity index (χ1v) is 9.82. The first-order valence-electron chi connectivity index (χ1n) is 9.82. The molecule has 1 atom stereocenters. The average molecular weight is 381 g/mol. The Kier molecular flexibility index (Phi) is 5.22. The minimum atomic E-state index is -0.0845. The highest BCUT2D eigenvalue weighted by atomic mass is 16.5. The van der Waals surface area contributed by atoms with Gasteiger partial charge in [-0.1, -0.05) is 12.1 Å². The Morgan fingerprint density at radius 1 is 1.21 bits per heavy atom. The van der Waals surface area contributed by atoms with Crippen molar-refractivity contribution in [2.75, 3.05) is 27.3 Å². The van der Waals surface area contributed by atoms with Gasteiger partial charge in [-0.2, -0.15) is 0 Å². The van der Waals surface area contributed by atoms with Crippen LogP contribution in [0.1, 0.15) is 53.3 Å². The van der Waals surface area contributed by atoms with Crippen LogP contribution in [0, 0.1) is 0 Å². The van der Waals surface area contributed by atoms with Crippen molar-refractivity contribution in [1.29, 1.82) is 0 Å². The Bertz CT molecular complexity index is 860. The van der Waals surface area contributed by atoms with E-state index in [2.05, 4.69) is 28.2 Å². The fraction of sp³-hybridized carbons (Fsp3) is 0.455. The summed E-state index contributed by atoms with van der Waals surface area (Å²) in [6, 6.07) is 10.2. The molecule has 1 aliphatic carbocycles. The molecule has 1 saturated carbocycles. The minimum Gasteiger partial charge on any atom is -0.493 e. The number of carbonyl (C=O) groups excluding carboxylic acids is 1. The number of carbonyl (C=O) groups is 1. The lowest BCUT2D eigenvalue weighted by atomic mass is 9.99. The SMILES string of the molecule is COc1cccc(C(C)N2CC(NC(=O)c3cc(C4CC4)ccn3)C2)c1OC. The van der Waals surface area contributed by atoms with Gasteiger partial charge in [-0.3, -0.25) is 14.7 Å². The van der Waals surface area contributed by atoms with E-state index in [4.69, 9.17) is 9.47 Å². The lowest BCUT2D eigenvalue weighted by Gasteiger charge is -2.43. The summed E-state index contributed by atoms with van der Waals surface area (Å²) in [6.45, 7) is 3.75. The summed E-state index contributed by atoms with van der Waals surface area (Å²) < 4.78 is 11.0. The molecule has 2 aliphatic rings. The van der Waals surface area contributed by atoms with E-state index in [1.807, 2.05) is 24.3 Å². The summed E-state index contributed by atoms with van der Waals surface area (Å²) in [6.07, 6.45) is 4.18. The van der Waals surface area contributed by atoms with Crippen molar-refractivity contribution in [1.82, 2.24) is 15.2 Å². The fourth-order valence-electron chi connectivity index (χ4n) is 3.86. The molecule has 28 heavy (non-hydrogen) atoms. The van der Waals surface area contributed by atoms with Crippen LogP contribution in [0.5, 0.6) is 11.5 Å². The van der Waals surface area contributed by atoms with E-state index in [1.54, 1.807) is 20.4 Å². The van der Waals surface area contributed by atoms with Crippen LogP contribution in [0.4, 0.5) is 0 Å². The maximum atomic E-state index is 12.5. The summed E-state index contributed by atoms with van der Waals surface area (Å²) in [7, 11) is 3.31. The van der Waals surface area contributed by atoms with Crippen molar-refractivity contribution in [2.24, 2.45) is 0 Å². The topological polar surface area (TPSA) is 63.7 Å². The van der Waals surface area contributed by atoms with E-state index in [1.165, 1.54) is 18.4 Å². The highest BCUT2D eigenvalue weighted by molar-refractivity contribution is 5.92. The third-order valence-electron chi connectivity index (χ3n) is 5.74. The molecule has 0 spiro atoms. The number of hydrogen-bond acceptors (Lipinski definition) is 5. The van der Waals surface area contributed by atoms with Gasteiger partial charge in [0.1, 0.15) is 5.69 Å². The van der Waals surface area contributed by atoms with Crippen molar-refractivity contribution < 1.29 is 14.3 Å². The quantitative estimate of drug-likeness (QED) is 0.798. The monoisotopic (exact) mass is 381 g/mol. The standard InChI is InChI=1S/C22H27N3O3/c1-14(18-5-4-6-20(27-2)21(18)28-3)25-12-17(13-25)24-22(26)19-11-16(9-10-23-19)15-7-8-15/h4-6,9-11,14-15,17H,7-8,12-13H2,1-3H3,(H,24,26). The molecule has 0 radical (unpaired) electrons. The van der Waals surface area contributed by atoms with Crippen molar-refractivity contribution in [3.63, 3.8) is 0 Å². The number of likely N-dealkylation sites (tertiary alicyclic amines) is 1. The molecule has 1 N–H and O–H groups in total. The van der Waals surface area contributed by atoms with Crippen molar-refractivity contribution >= 4 is 5.91 Å². The van der Waals surface area contributed by atoms with Crippen LogP contribution >= 0.6 is 0 Å². The molecule has 1 amide bonds. The van der Waals surface area contributed by atoms with Gasteiger partial charge < -0.3 is 14.8 Å². The number of para-hydroxylation sites is 1. The molecule has 6 heteroatoms. The predicted octanol–water partition coefficient (Wildman–Crippen LogP) is 3.15. The molecule has 1 aliphatic heterocycles. The first kappa shape index (κ1) is 18.7. The fourth-order valence-corrected chi connectivity index (χ4v) is 3.86. The molecule has 0 bridgehead atoms. The second kappa shape index (κ2) is 7.80. The van der Waals surface area contributed by atoms with E-state index in [-0.39, 0.29) is 18.0 Å². The highest BCUT2D eigenvalue weighted by Crippen LogP contribution is 2.40. The van der Waals surface area contributed by atoms with Crippen LogP contribution in [-0.4, -0.2) is 49.1 Å². The zero-order chi connectivity index (χ0) is 19.7. The van der Waals surface area contributed by atoms with Crippen LogP contribution in [0.25, 0.3) is 0 Å². The highest BCUT2D eigenvalue weighted by Gasteiger charge is 2.34. The summed E-state index contributed by atoms with van der Waals surface area (Å²) in [5, 5.41) is 3.11. The molecule has 1 unspecified atom stereocenters. The van der Waals surface area contributed by atoms with E-state index in [0.717, 1.165) is 30.2 Å². The van der Waals surface area contributed by atoms with Crippen LogP contribution in [0.3, 0.4) is 0 Å². The summed E-state index contributed by atoms with van der Waals surface area (Å²) >= 11 is 0. The third-order valence-corrected chi connectivity index (χ3v) is 5.74. The number of nitrogens with one attached hydrogen (secondary N) is 1. The molecule has 1 aromatic heterocycles. The lowest BCUT2D eigenvalue weighted by Crippen LogP contribution is -2.59. The summed E-state index contributed by atoms with van der Waals surface area (Å²) in [5.74, 6) is 2.04. The van der Waals surface area contributed by atoms with Gasteiger partial charge in [0.15, 0.2) is 11.5 Å². The molecular weight excluding hydrogens is 354 g/mol. The average Bonchev–Trinajstić information content (AvgIpc) is 3.54. The maximum Gasteiger partial charge on any atom is 0.270 e. The molecule has 6 nitrogen and oxygen atoms in total. The molecule has 2 heterocycles. The molecule has 4 rings (SSSR count). The van der Waals surface area contributed by atoms with Crippen molar-refractivity contribution in [3.05, 3.63) is 53.3 Å². The number of rotatable bonds is 7. The largest absolute Gasteiger partial charge is 0.493 e. The van der Waals surface area contributed by atoms with Crippen LogP contribution in [0.2, 0.25) is 0 Å². The van der Waals surface area contributed by atoms with Gasteiger partial charge in [0.05, 0.1) is 20.3 Å². The number of pyridine rings is 1. The van der Waals surface area contributed by atoms with Gasteiger partial charge in [0.25, 0.3) is 5.91 Å².